The van der Waals surface area contributed by atoms with Crippen LogP contribution < -0.4 is 10.6 Å². The molecule has 29 heavy (non-hydrogen) atoms. The Morgan fingerprint density at radius 2 is 2.21 bits per heavy atom. The van der Waals surface area contributed by atoms with Crippen LogP contribution in [0, 0.1) is 5.82 Å². The second kappa shape index (κ2) is 9.59. The minimum atomic E-state index is -1.10. The molecular formula is C18H17ClFN5O3S. The second-order valence-corrected chi connectivity index (χ2v) is 7.09. The lowest BCUT2D eigenvalue weighted by atomic mass is 10.3. The maximum absolute atomic E-state index is 13.3. The summed E-state index contributed by atoms with van der Waals surface area (Å²) in [5, 5.41) is 17.2. The van der Waals surface area contributed by atoms with Crippen LogP contribution in [0.4, 0.5) is 21.8 Å². The number of carbonyl (C=O) groups is 1. The van der Waals surface area contributed by atoms with E-state index in [1.165, 1.54) is 34.9 Å². The summed E-state index contributed by atoms with van der Waals surface area (Å²) in [6.45, 7) is 1.16. The van der Waals surface area contributed by atoms with Gasteiger partial charge in [-0.15, -0.1) is 11.3 Å². The molecule has 152 valence electrons. The van der Waals surface area contributed by atoms with E-state index < -0.39 is 11.8 Å². The Bertz CT molecular complexity index is 1020. The molecule has 0 amide bonds. The lowest BCUT2D eigenvalue weighted by molar-refractivity contribution is 0.0691. The van der Waals surface area contributed by atoms with E-state index in [2.05, 4.69) is 25.6 Å². The molecule has 3 rings (SSSR count). The van der Waals surface area contributed by atoms with E-state index >= 15 is 0 Å². The molecule has 0 saturated heterocycles. The summed E-state index contributed by atoms with van der Waals surface area (Å²) in [5.74, 6) is -0.875. The lowest BCUT2D eigenvalue weighted by Gasteiger charge is -2.12. The van der Waals surface area contributed by atoms with Crippen molar-refractivity contribution in [3.05, 3.63) is 46.3 Å². The van der Waals surface area contributed by atoms with Crippen LogP contribution in [0.2, 0.25) is 5.02 Å². The van der Waals surface area contributed by atoms with E-state index in [9.17, 15) is 9.18 Å². The normalized spacial score (nSPS) is 10.7. The summed E-state index contributed by atoms with van der Waals surface area (Å²) in [6.07, 6.45) is 2.29. The molecule has 11 heteroatoms. The highest BCUT2D eigenvalue weighted by Crippen LogP contribution is 2.30. The number of rotatable bonds is 9. The lowest BCUT2D eigenvalue weighted by Crippen LogP contribution is -2.09. The maximum atomic E-state index is 13.3. The van der Waals surface area contributed by atoms with Gasteiger partial charge >= 0.3 is 5.97 Å². The molecule has 0 saturated carbocycles. The molecule has 0 aliphatic rings. The Labute approximate surface area is 174 Å². The van der Waals surface area contributed by atoms with Gasteiger partial charge in [-0.1, -0.05) is 11.6 Å². The van der Waals surface area contributed by atoms with E-state index in [1.54, 1.807) is 13.3 Å². The summed E-state index contributed by atoms with van der Waals surface area (Å²) >= 11 is 6.99. The average molecular weight is 438 g/mol. The third kappa shape index (κ3) is 5.37. The van der Waals surface area contributed by atoms with E-state index in [0.717, 1.165) is 6.42 Å². The van der Waals surface area contributed by atoms with Crippen molar-refractivity contribution in [2.24, 2.45) is 0 Å². The zero-order chi connectivity index (χ0) is 20.8. The zero-order valence-electron chi connectivity index (χ0n) is 15.3. The summed E-state index contributed by atoms with van der Waals surface area (Å²) in [6, 6.07) is 4.19. The molecular weight excluding hydrogens is 421 g/mol. The number of hydrogen-bond acceptors (Lipinski definition) is 8. The fraction of sp³-hybridized carbons (Fsp3) is 0.222. The van der Waals surface area contributed by atoms with Gasteiger partial charge in [-0.25, -0.2) is 19.2 Å². The van der Waals surface area contributed by atoms with Gasteiger partial charge in [-0.05, 0) is 24.6 Å². The highest BCUT2D eigenvalue weighted by atomic mass is 35.5. The number of nitrogens with zero attached hydrogens (tertiary/aromatic N) is 3. The summed E-state index contributed by atoms with van der Waals surface area (Å²) < 4.78 is 18.4. The number of nitrogens with one attached hydrogen (secondary N) is 2. The molecule has 8 nitrogen and oxygen atoms in total. The van der Waals surface area contributed by atoms with Gasteiger partial charge in [-0.2, -0.15) is 4.98 Å². The number of thiazole rings is 1. The highest BCUT2D eigenvalue weighted by molar-refractivity contribution is 7.13. The Balaban J connectivity index is 1.88. The van der Waals surface area contributed by atoms with Crippen molar-refractivity contribution >= 4 is 46.4 Å². The van der Waals surface area contributed by atoms with Crippen LogP contribution in [0.15, 0.2) is 29.8 Å². The fourth-order valence-corrected chi connectivity index (χ4v) is 3.34. The highest BCUT2D eigenvalue weighted by Gasteiger charge is 2.16. The van der Waals surface area contributed by atoms with Gasteiger partial charge in [0.1, 0.15) is 16.6 Å². The van der Waals surface area contributed by atoms with Crippen LogP contribution in [0.1, 0.15) is 16.9 Å². The molecule has 2 heterocycles. The number of anilines is 3. The first-order valence-corrected chi connectivity index (χ1v) is 9.75. The van der Waals surface area contributed by atoms with Gasteiger partial charge in [0.25, 0.3) is 0 Å². The van der Waals surface area contributed by atoms with Crippen LogP contribution in [-0.2, 0) is 4.74 Å². The van der Waals surface area contributed by atoms with Gasteiger partial charge < -0.3 is 20.5 Å². The van der Waals surface area contributed by atoms with Crippen LogP contribution in [0.5, 0.6) is 0 Å². The average Bonchev–Trinajstić information content (AvgIpc) is 3.19. The number of ether oxygens (including phenoxy) is 1. The first-order valence-electron chi connectivity index (χ1n) is 8.49. The molecule has 0 unspecified atom stereocenters. The molecule has 0 atom stereocenters. The summed E-state index contributed by atoms with van der Waals surface area (Å²) in [4.78, 5) is 23.9. The Kier molecular flexibility index (Phi) is 6.91. The van der Waals surface area contributed by atoms with Gasteiger partial charge in [-0.3, -0.25) is 0 Å². The quantitative estimate of drug-likeness (QED) is 0.425. The molecule has 3 aromatic rings. The predicted octanol–water partition coefficient (Wildman–Crippen LogP) is 4.28. The summed E-state index contributed by atoms with van der Waals surface area (Å²) in [5.41, 5.74) is 1.05. The first kappa shape index (κ1) is 20.9. The number of carboxylic acid groups (broad SMARTS) is 1. The molecule has 0 aliphatic heterocycles. The largest absolute Gasteiger partial charge is 0.476 e. The zero-order valence-corrected chi connectivity index (χ0v) is 16.9. The minimum Gasteiger partial charge on any atom is -0.476 e. The van der Waals surface area contributed by atoms with Crippen LogP contribution >= 0.6 is 22.9 Å². The molecule has 3 N–H and O–H groups in total. The number of halogens is 2. The van der Waals surface area contributed by atoms with Gasteiger partial charge in [0, 0.05) is 37.5 Å². The smallest absolute Gasteiger partial charge is 0.355 e. The van der Waals surface area contributed by atoms with E-state index in [-0.39, 0.29) is 16.7 Å². The molecule has 0 bridgehead atoms. The fourth-order valence-electron chi connectivity index (χ4n) is 2.36. The summed E-state index contributed by atoms with van der Waals surface area (Å²) in [7, 11) is 1.62. The monoisotopic (exact) mass is 437 g/mol. The second-order valence-electron chi connectivity index (χ2n) is 5.83. The number of hydrogen-bond donors (Lipinski definition) is 3. The first-order chi connectivity index (χ1) is 14.0. The molecule has 0 fully saturated rings. The van der Waals surface area contributed by atoms with Gasteiger partial charge in [0.2, 0.25) is 5.95 Å². The number of aromatic carboxylic acids is 1. The van der Waals surface area contributed by atoms with Crippen LogP contribution in [0.25, 0.3) is 10.6 Å². The van der Waals surface area contributed by atoms with Gasteiger partial charge in [0.05, 0.1) is 10.6 Å². The molecule has 0 radical (unpaired) electrons. The van der Waals surface area contributed by atoms with E-state index in [0.29, 0.717) is 35.2 Å². The van der Waals surface area contributed by atoms with Crippen LogP contribution in [0.3, 0.4) is 0 Å². The molecule has 0 aliphatic carbocycles. The SMILES string of the molecule is COCCCNc1nc(Nc2ccc(F)c(Cl)c2)ncc1-c1nc(C(=O)O)cs1. The van der Waals surface area contributed by atoms with Crippen molar-refractivity contribution in [1.82, 2.24) is 15.0 Å². The van der Waals surface area contributed by atoms with E-state index in [4.69, 9.17) is 21.4 Å². The molecule has 2 aromatic heterocycles. The number of benzene rings is 1. The third-order valence-electron chi connectivity index (χ3n) is 3.74. The van der Waals surface area contributed by atoms with Crippen LogP contribution in [-0.4, -0.2) is 46.3 Å². The van der Waals surface area contributed by atoms with Crippen molar-refractivity contribution in [2.75, 3.05) is 30.9 Å². The van der Waals surface area contributed by atoms with Crippen molar-refractivity contribution in [3.8, 4) is 10.6 Å². The minimum absolute atomic E-state index is 0.0199. The Morgan fingerprint density at radius 3 is 2.90 bits per heavy atom. The number of aromatic nitrogens is 3. The standard InChI is InChI=1S/C18H17ClFN5O3S/c1-28-6-2-5-21-15-11(16-24-14(9-29-16)17(26)27)8-22-18(25-15)23-10-3-4-13(20)12(19)7-10/h3-4,7-9H,2,5-6H2,1H3,(H,26,27)(H2,21,22,23,25). The topological polar surface area (TPSA) is 109 Å². The number of carboxylic acids is 1. The Hall–Kier alpha value is -2.82. The van der Waals surface area contributed by atoms with E-state index in [1.807, 2.05) is 0 Å². The van der Waals surface area contributed by atoms with Crippen molar-refractivity contribution in [2.45, 2.75) is 6.42 Å². The Morgan fingerprint density at radius 1 is 1.38 bits per heavy atom. The maximum Gasteiger partial charge on any atom is 0.355 e. The predicted molar refractivity (Wildman–Crippen MR) is 110 cm³/mol. The van der Waals surface area contributed by atoms with Crippen molar-refractivity contribution in [3.63, 3.8) is 0 Å². The van der Waals surface area contributed by atoms with Gasteiger partial charge in [0.15, 0.2) is 5.69 Å². The molecule has 0 spiro atoms. The van der Waals surface area contributed by atoms with Crippen molar-refractivity contribution in [1.29, 1.82) is 0 Å². The molecule has 1 aromatic carbocycles. The van der Waals surface area contributed by atoms with Crippen molar-refractivity contribution < 1.29 is 19.0 Å². The number of methoxy groups -OCH3 is 1. The third-order valence-corrected chi connectivity index (χ3v) is 4.90.